The first-order valence-corrected chi connectivity index (χ1v) is 17.3. The molecule has 0 radical (unpaired) electrons. The molecule has 43 heavy (non-hydrogen) atoms. The van der Waals surface area contributed by atoms with Gasteiger partial charge in [0, 0.05) is 28.7 Å². The second-order valence-corrected chi connectivity index (χ2v) is 15.3. The van der Waals surface area contributed by atoms with Crippen molar-refractivity contribution in [1.29, 1.82) is 0 Å². The van der Waals surface area contributed by atoms with E-state index in [4.69, 9.17) is 0 Å². The number of phenols is 1. The molecule has 0 spiro atoms. The number of hydrogen-bond donors (Lipinski definition) is 2. The van der Waals surface area contributed by atoms with Crippen LogP contribution in [0.1, 0.15) is 94.6 Å². The fourth-order valence-electron chi connectivity index (χ4n) is 8.31. The van der Waals surface area contributed by atoms with Crippen LogP contribution in [0.4, 0.5) is 26.3 Å². The minimum atomic E-state index is -5.57. The number of alkyl halides is 5. The highest BCUT2D eigenvalue weighted by molar-refractivity contribution is 7.84. The molecule has 0 amide bonds. The lowest BCUT2D eigenvalue weighted by molar-refractivity contribution is -0.284. The number of rotatable bonds is 14. The Labute approximate surface area is 254 Å². The van der Waals surface area contributed by atoms with Crippen LogP contribution in [0.2, 0.25) is 0 Å². The van der Waals surface area contributed by atoms with Crippen molar-refractivity contribution in [3.63, 3.8) is 0 Å². The third-order valence-corrected chi connectivity index (χ3v) is 12.2. The fraction of sp³-hybridized carbons (Fsp3) is 0.812. The molecule has 4 rings (SSSR count). The van der Waals surface area contributed by atoms with Crippen molar-refractivity contribution in [2.75, 3.05) is 31.6 Å². The number of nitrogens with zero attached hydrogens (tertiary/aromatic N) is 1. The molecule has 1 aromatic carbocycles. The highest BCUT2D eigenvalue weighted by Gasteiger charge is 2.57. The summed E-state index contributed by atoms with van der Waals surface area (Å²) in [5, 5.41) is 20.9. The van der Waals surface area contributed by atoms with Gasteiger partial charge in [0.1, 0.15) is 0 Å². The van der Waals surface area contributed by atoms with Gasteiger partial charge in [0.25, 0.3) is 0 Å². The summed E-state index contributed by atoms with van der Waals surface area (Å²) in [4.78, 5) is 2.13. The normalized spacial score (nSPS) is 29.8. The van der Waals surface area contributed by atoms with Crippen molar-refractivity contribution in [1.82, 2.24) is 4.90 Å². The average molecular weight is 640 g/mol. The minimum Gasteiger partial charge on any atom is -0.505 e. The molecule has 3 aliphatic carbocycles. The van der Waals surface area contributed by atoms with Crippen molar-refractivity contribution in [2.24, 2.45) is 23.2 Å². The molecule has 0 aliphatic heterocycles. The van der Waals surface area contributed by atoms with Gasteiger partial charge in [0.2, 0.25) is 0 Å². The number of benzene rings is 1. The van der Waals surface area contributed by atoms with Crippen LogP contribution in [0, 0.1) is 29.0 Å². The first kappa shape index (κ1) is 34.5. The van der Waals surface area contributed by atoms with Crippen LogP contribution in [-0.4, -0.2) is 69.2 Å². The van der Waals surface area contributed by atoms with Crippen LogP contribution in [0.3, 0.4) is 0 Å². The number of unbranched alkanes of at least 4 members (excludes halogenated alkanes) is 2. The van der Waals surface area contributed by atoms with E-state index in [1.807, 2.05) is 7.05 Å². The van der Waals surface area contributed by atoms with Gasteiger partial charge in [-0.1, -0.05) is 19.8 Å². The monoisotopic (exact) mass is 639 g/mol. The molecule has 7 atom stereocenters. The van der Waals surface area contributed by atoms with Gasteiger partial charge >= 0.3 is 12.1 Å². The number of aliphatic hydroxyl groups excluding tert-OH is 1. The van der Waals surface area contributed by atoms with Crippen molar-refractivity contribution in [3.8, 4) is 5.75 Å². The second-order valence-electron chi connectivity index (χ2n) is 13.6. The van der Waals surface area contributed by atoms with Crippen LogP contribution in [0.5, 0.6) is 5.75 Å². The Hall–Kier alpha value is -1.33. The molecule has 2 saturated carbocycles. The van der Waals surface area contributed by atoms with E-state index in [2.05, 4.69) is 11.8 Å². The summed E-state index contributed by atoms with van der Waals surface area (Å²) in [6.07, 6.45) is 1.57. The van der Waals surface area contributed by atoms with Crippen LogP contribution >= 0.6 is 0 Å². The van der Waals surface area contributed by atoms with E-state index in [9.17, 15) is 40.8 Å². The van der Waals surface area contributed by atoms with E-state index in [1.54, 1.807) is 12.1 Å². The smallest absolute Gasteiger partial charge is 0.453 e. The van der Waals surface area contributed by atoms with Gasteiger partial charge in [-0.3, -0.25) is 4.21 Å². The Balaban J connectivity index is 1.20. The Morgan fingerprint density at radius 1 is 1.00 bits per heavy atom. The Bertz CT molecular complexity index is 1120. The topological polar surface area (TPSA) is 60.8 Å². The summed E-state index contributed by atoms with van der Waals surface area (Å²) in [7, 11) is 0.549. The molecule has 0 saturated heterocycles. The minimum absolute atomic E-state index is 0.0904. The Kier molecular flexibility index (Phi) is 11.2. The molecule has 2 fully saturated rings. The lowest BCUT2D eigenvalue weighted by atomic mass is 9.52. The fourth-order valence-corrected chi connectivity index (χ4v) is 9.44. The first-order chi connectivity index (χ1) is 20.1. The number of aliphatic hydroxyl groups is 1. The zero-order valence-corrected chi connectivity index (χ0v) is 26.1. The third-order valence-electron chi connectivity index (χ3n) is 10.7. The Morgan fingerprint density at radius 3 is 2.42 bits per heavy atom. The summed E-state index contributed by atoms with van der Waals surface area (Å²) >= 11 is 0. The van der Waals surface area contributed by atoms with Crippen LogP contribution in [0.25, 0.3) is 0 Å². The maximum atomic E-state index is 14.4. The predicted octanol–water partition coefficient (Wildman–Crippen LogP) is 7.58. The Morgan fingerprint density at radius 2 is 1.70 bits per heavy atom. The van der Waals surface area contributed by atoms with E-state index in [0.29, 0.717) is 30.7 Å². The van der Waals surface area contributed by atoms with Crippen molar-refractivity contribution < 1.29 is 40.8 Å². The maximum Gasteiger partial charge on any atom is 0.453 e. The number of aromatic hydroxyl groups is 1. The summed E-state index contributed by atoms with van der Waals surface area (Å²) in [6.45, 7) is 3.76. The molecule has 0 aromatic heterocycles. The summed E-state index contributed by atoms with van der Waals surface area (Å²) < 4.78 is 89.2. The van der Waals surface area contributed by atoms with Crippen LogP contribution in [-0.2, 0) is 17.2 Å². The van der Waals surface area contributed by atoms with Gasteiger partial charge in [-0.2, -0.15) is 22.0 Å². The molecule has 0 bridgehead atoms. The maximum absolute atomic E-state index is 14.4. The average Bonchev–Trinajstić information content (AvgIpc) is 3.22. The lowest BCUT2D eigenvalue weighted by Gasteiger charge is -2.53. The standard InChI is InChI=1S/C32H47F6NO3S/c1-30-13-11-23-24-20-26(33)27(40)19-22(24)18-21(29(23)25(30)9-10-28(30)41)8-4-3-5-14-39(2)15-7-17-43(42)16-6-12-31(34,35)32(36,37)38/h19-21,23,25,28-29,40-41H,3-18H2,1-2H3/t21-,23-,25+,28+,29-,30+,43?/m1/s1. The molecular formula is C32H47F6NO3S. The van der Waals surface area contributed by atoms with E-state index in [1.165, 1.54) is 0 Å². The zero-order chi connectivity index (χ0) is 31.6. The molecule has 1 unspecified atom stereocenters. The number of fused-ring (bicyclic) bond motifs is 5. The first-order valence-electron chi connectivity index (χ1n) is 15.8. The van der Waals surface area contributed by atoms with Crippen molar-refractivity contribution in [2.45, 2.75) is 108 Å². The van der Waals surface area contributed by atoms with Crippen molar-refractivity contribution >= 4 is 10.8 Å². The van der Waals surface area contributed by atoms with Gasteiger partial charge in [-0.15, -0.1) is 0 Å². The van der Waals surface area contributed by atoms with Gasteiger partial charge in [-0.25, -0.2) is 4.39 Å². The molecule has 1 aromatic rings. The van der Waals surface area contributed by atoms with Gasteiger partial charge in [0.05, 0.1) is 6.10 Å². The summed E-state index contributed by atoms with van der Waals surface area (Å²) in [5.41, 5.74) is 2.01. The largest absolute Gasteiger partial charge is 0.505 e. The molecular weight excluding hydrogens is 592 g/mol. The van der Waals surface area contributed by atoms with Gasteiger partial charge in [-0.05, 0) is 130 Å². The van der Waals surface area contributed by atoms with E-state index in [0.717, 1.165) is 75.5 Å². The number of phenolic OH excluding ortho intramolecular Hbond substituents is 1. The lowest BCUT2D eigenvalue weighted by Crippen LogP contribution is -2.47. The van der Waals surface area contributed by atoms with Gasteiger partial charge in [0.15, 0.2) is 11.6 Å². The highest BCUT2D eigenvalue weighted by Crippen LogP contribution is 2.63. The second kappa shape index (κ2) is 14.0. The number of halogens is 6. The highest BCUT2D eigenvalue weighted by atomic mass is 32.2. The predicted molar refractivity (Wildman–Crippen MR) is 156 cm³/mol. The van der Waals surface area contributed by atoms with E-state index in [-0.39, 0.29) is 34.7 Å². The molecule has 11 heteroatoms. The molecule has 2 N–H and O–H groups in total. The van der Waals surface area contributed by atoms with Crippen molar-refractivity contribution in [3.05, 3.63) is 29.1 Å². The molecule has 4 nitrogen and oxygen atoms in total. The quantitative estimate of drug-likeness (QED) is 0.163. The number of hydrogen-bond acceptors (Lipinski definition) is 4. The van der Waals surface area contributed by atoms with E-state index >= 15 is 0 Å². The zero-order valence-electron chi connectivity index (χ0n) is 25.3. The summed E-state index contributed by atoms with van der Waals surface area (Å²) in [6, 6.07) is 3.16. The van der Waals surface area contributed by atoms with Crippen LogP contribution < -0.4 is 0 Å². The summed E-state index contributed by atoms with van der Waals surface area (Å²) in [5.74, 6) is -3.98. The molecule has 0 heterocycles. The molecule has 246 valence electrons. The van der Waals surface area contributed by atoms with E-state index < -0.39 is 41.6 Å². The SMILES string of the molecule is CN(CCCCC[C@@H]1Cc2cc(O)c(F)cc2[C@H]2CC[C@]3(C)[C@@H](O)CC[C@H]3[C@H]12)CCCS(=O)CCCC(F)(F)C(F)(F)F. The van der Waals surface area contributed by atoms with Crippen LogP contribution in [0.15, 0.2) is 12.1 Å². The molecule has 3 aliphatic rings. The third kappa shape index (κ3) is 7.91. The van der Waals surface area contributed by atoms with Gasteiger partial charge < -0.3 is 15.1 Å².